The fourth-order valence-electron chi connectivity index (χ4n) is 3.69. The molecule has 2 rings (SSSR count). The maximum absolute atomic E-state index is 12.4. The van der Waals surface area contributed by atoms with Gasteiger partial charge in [0.1, 0.15) is 0 Å². The standard InChI is InChI=1S/C16H30N2O/c1-12-7-8-15(13(2)11-12)17-14(3)16(19)18-9-5-4-6-10-18/h12-15,17H,4-11H2,1-3H3. The molecule has 0 aromatic carbocycles. The minimum Gasteiger partial charge on any atom is -0.341 e. The maximum Gasteiger partial charge on any atom is 0.239 e. The Balaban J connectivity index is 1.82. The minimum atomic E-state index is -0.0149. The molecular formula is C16H30N2O. The van der Waals surface area contributed by atoms with Crippen LogP contribution in [0, 0.1) is 11.8 Å². The zero-order valence-electron chi connectivity index (χ0n) is 12.8. The summed E-state index contributed by atoms with van der Waals surface area (Å²) in [5.74, 6) is 1.85. The molecule has 1 aliphatic heterocycles. The maximum atomic E-state index is 12.4. The number of amides is 1. The van der Waals surface area contributed by atoms with E-state index in [1.165, 1.54) is 38.5 Å². The molecule has 0 spiro atoms. The van der Waals surface area contributed by atoms with Gasteiger partial charge in [0.2, 0.25) is 5.91 Å². The second-order valence-corrected chi connectivity index (χ2v) is 6.78. The Morgan fingerprint density at radius 1 is 1.16 bits per heavy atom. The molecule has 2 fully saturated rings. The summed E-state index contributed by atoms with van der Waals surface area (Å²) in [7, 11) is 0. The summed E-state index contributed by atoms with van der Waals surface area (Å²) in [5.41, 5.74) is 0. The van der Waals surface area contributed by atoms with Crippen molar-refractivity contribution in [2.24, 2.45) is 11.8 Å². The van der Waals surface area contributed by atoms with Crippen LogP contribution in [0.25, 0.3) is 0 Å². The number of nitrogens with zero attached hydrogens (tertiary/aromatic N) is 1. The molecule has 1 amide bonds. The van der Waals surface area contributed by atoms with Gasteiger partial charge in [-0.15, -0.1) is 0 Å². The Labute approximate surface area is 118 Å². The van der Waals surface area contributed by atoms with Crippen LogP contribution in [0.3, 0.4) is 0 Å². The Morgan fingerprint density at radius 3 is 2.47 bits per heavy atom. The molecule has 4 atom stereocenters. The van der Waals surface area contributed by atoms with Crippen LogP contribution >= 0.6 is 0 Å². The van der Waals surface area contributed by atoms with Gasteiger partial charge in [-0.1, -0.05) is 13.8 Å². The first-order chi connectivity index (χ1) is 9.08. The summed E-state index contributed by atoms with van der Waals surface area (Å²) in [6, 6.07) is 0.513. The molecule has 1 aliphatic carbocycles. The highest BCUT2D eigenvalue weighted by molar-refractivity contribution is 5.81. The molecule has 4 unspecified atom stereocenters. The topological polar surface area (TPSA) is 32.3 Å². The van der Waals surface area contributed by atoms with Crippen LogP contribution in [0.4, 0.5) is 0 Å². The number of hydrogen-bond acceptors (Lipinski definition) is 2. The number of carbonyl (C=O) groups excluding carboxylic acids is 1. The highest BCUT2D eigenvalue weighted by atomic mass is 16.2. The molecule has 1 N–H and O–H groups in total. The van der Waals surface area contributed by atoms with Gasteiger partial charge < -0.3 is 10.2 Å². The van der Waals surface area contributed by atoms with E-state index >= 15 is 0 Å². The fourth-order valence-corrected chi connectivity index (χ4v) is 3.69. The average molecular weight is 266 g/mol. The molecule has 2 aliphatic rings. The number of piperidine rings is 1. The zero-order valence-corrected chi connectivity index (χ0v) is 12.8. The van der Waals surface area contributed by atoms with Gasteiger partial charge in [0.05, 0.1) is 6.04 Å². The molecular weight excluding hydrogens is 236 g/mol. The van der Waals surface area contributed by atoms with Crippen molar-refractivity contribution in [3.8, 4) is 0 Å². The number of carbonyl (C=O) groups is 1. The number of likely N-dealkylation sites (tertiary alicyclic amines) is 1. The third-order valence-electron chi connectivity index (χ3n) is 4.93. The lowest BCUT2D eigenvalue weighted by molar-refractivity contribution is -0.134. The third kappa shape index (κ3) is 3.95. The lowest BCUT2D eigenvalue weighted by Crippen LogP contribution is -2.52. The molecule has 0 aromatic rings. The smallest absolute Gasteiger partial charge is 0.239 e. The summed E-state index contributed by atoms with van der Waals surface area (Å²) in [6.45, 7) is 8.63. The van der Waals surface area contributed by atoms with Crippen molar-refractivity contribution in [3.05, 3.63) is 0 Å². The first-order valence-electron chi connectivity index (χ1n) is 8.12. The van der Waals surface area contributed by atoms with Gasteiger partial charge in [-0.3, -0.25) is 4.79 Å². The van der Waals surface area contributed by atoms with Crippen molar-refractivity contribution >= 4 is 5.91 Å². The first kappa shape index (κ1) is 14.8. The second kappa shape index (κ2) is 6.74. The lowest BCUT2D eigenvalue weighted by atomic mass is 9.79. The van der Waals surface area contributed by atoms with Crippen LogP contribution in [-0.2, 0) is 4.79 Å². The van der Waals surface area contributed by atoms with Gasteiger partial charge >= 0.3 is 0 Å². The monoisotopic (exact) mass is 266 g/mol. The van der Waals surface area contributed by atoms with E-state index < -0.39 is 0 Å². The Kier molecular flexibility index (Phi) is 5.26. The summed E-state index contributed by atoms with van der Waals surface area (Å²) in [5, 5.41) is 3.59. The van der Waals surface area contributed by atoms with Gasteiger partial charge in [0, 0.05) is 19.1 Å². The number of nitrogens with one attached hydrogen (secondary N) is 1. The Hall–Kier alpha value is -0.570. The molecule has 1 heterocycles. The van der Waals surface area contributed by atoms with Crippen molar-refractivity contribution in [1.29, 1.82) is 0 Å². The van der Waals surface area contributed by atoms with Gasteiger partial charge in [0.15, 0.2) is 0 Å². The lowest BCUT2D eigenvalue weighted by Gasteiger charge is -2.36. The van der Waals surface area contributed by atoms with E-state index in [0.29, 0.717) is 17.9 Å². The summed E-state index contributed by atoms with van der Waals surface area (Å²) < 4.78 is 0. The second-order valence-electron chi connectivity index (χ2n) is 6.78. The van der Waals surface area contributed by atoms with Crippen LogP contribution < -0.4 is 5.32 Å². The Bertz CT molecular complexity index is 299. The van der Waals surface area contributed by atoms with E-state index in [2.05, 4.69) is 24.1 Å². The van der Waals surface area contributed by atoms with Gasteiger partial charge in [-0.2, -0.15) is 0 Å². The Morgan fingerprint density at radius 2 is 1.84 bits per heavy atom. The normalized spacial score (nSPS) is 34.1. The van der Waals surface area contributed by atoms with Crippen molar-refractivity contribution in [1.82, 2.24) is 10.2 Å². The molecule has 3 heteroatoms. The van der Waals surface area contributed by atoms with E-state index in [-0.39, 0.29) is 6.04 Å². The van der Waals surface area contributed by atoms with Crippen molar-refractivity contribution in [3.63, 3.8) is 0 Å². The SMILES string of the molecule is CC1CCC(NC(C)C(=O)N2CCCCC2)C(C)C1. The van der Waals surface area contributed by atoms with E-state index in [0.717, 1.165) is 19.0 Å². The molecule has 0 bridgehead atoms. The zero-order chi connectivity index (χ0) is 13.8. The fraction of sp³-hybridized carbons (Fsp3) is 0.938. The average Bonchev–Trinajstić information content (AvgIpc) is 2.42. The van der Waals surface area contributed by atoms with Crippen LogP contribution in [0.15, 0.2) is 0 Å². The third-order valence-corrected chi connectivity index (χ3v) is 4.93. The van der Waals surface area contributed by atoms with Crippen LogP contribution in [0.5, 0.6) is 0 Å². The molecule has 1 saturated carbocycles. The first-order valence-corrected chi connectivity index (χ1v) is 8.12. The van der Waals surface area contributed by atoms with Crippen molar-refractivity contribution < 1.29 is 4.79 Å². The quantitative estimate of drug-likeness (QED) is 0.852. The van der Waals surface area contributed by atoms with Gasteiger partial charge in [0.25, 0.3) is 0 Å². The van der Waals surface area contributed by atoms with E-state index in [1.54, 1.807) is 0 Å². The molecule has 1 saturated heterocycles. The van der Waals surface area contributed by atoms with E-state index in [4.69, 9.17) is 0 Å². The molecule has 0 aromatic heterocycles. The summed E-state index contributed by atoms with van der Waals surface area (Å²) >= 11 is 0. The molecule has 0 radical (unpaired) electrons. The number of rotatable bonds is 3. The number of hydrogen-bond donors (Lipinski definition) is 1. The molecule has 3 nitrogen and oxygen atoms in total. The van der Waals surface area contributed by atoms with Crippen LogP contribution in [0.1, 0.15) is 59.3 Å². The molecule has 110 valence electrons. The van der Waals surface area contributed by atoms with Gasteiger partial charge in [-0.05, 0) is 57.3 Å². The van der Waals surface area contributed by atoms with Crippen LogP contribution in [-0.4, -0.2) is 36.0 Å². The highest BCUT2D eigenvalue weighted by Gasteiger charge is 2.29. The predicted molar refractivity (Wildman–Crippen MR) is 79.0 cm³/mol. The molecule has 19 heavy (non-hydrogen) atoms. The predicted octanol–water partition coefficient (Wildman–Crippen LogP) is 2.80. The van der Waals surface area contributed by atoms with Crippen molar-refractivity contribution in [2.45, 2.75) is 71.4 Å². The highest BCUT2D eigenvalue weighted by Crippen LogP contribution is 2.29. The van der Waals surface area contributed by atoms with Crippen molar-refractivity contribution in [2.75, 3.05) is 13.1 Å². The van der Waals surface area contributed by atoms with E-state index in [1.807, 2.05) is 6.92 Å². The summed E-state index contributed by atoms with van der Waals surface area (Å²) in [6.07, 6.45) is 7.45. The van der Waals surface area contributed by atoms with E-state index in [9.17, 15) is 4.79 Å². The van der Waals surface area contributed by atoms with Crippen LogP contribution in [0.2, 0.25) is 0 Å². The summed E-state index contributed by atoms with van der Waals surface area (Å²) in [4.78, 5) is 14.5. The largest absolute Gasteiger partial charge is 0.341 e. The minimum absolute atomic E-state index is 0.0149. The van der Waals surface area contributed by atoms with Gasteiger partial charge in [-0.25, -0.2) is 0 Å².